The van der Waals surface area contributed by atoms with Gasteiger partial charge in [0.25, 0.3) is 0 Å². The van der Waals surface area contributed by atoms with Crippen molar-refractivity contribution in [3.05, 3.63) is 30.1 Å². The Hall–Kier alpha value is -2.81. The Morgan fingerprint density at radius 1 is 0.821 bits per heavy atom. The van der Waals surface area contributed by atoms with Crippen molar-refractivity contribution in [1.82, 2.24) is 30.2 Å². The number of rotatable bonds is 4. The van der Waals surface area contributed by atoms with Crippen molar-refractivity contribution in [3.63, 3.8) is 0 Å². The maximum atomic E-state index is 4.86. The number of piperazine rings is 1. The number of piperidine rings is 1. The molecule has 2 aliphatic heterocycles. The van der Waals surface area contributed by atoms with E-state index in [1.807, 2.05) is 18.5 Å². The van der Waals surface area contributed by atoms with Gasteiger partial charge in [0, 0.05) is 58.2 Å². The molecule has 0 bridgehead atoms. The van der Waals surface area contributed by atoms with Crippen LogP contribution >= 0.6 is 0 Å². The Balaban J connectivity index is 1.35. The molecule has 0 saturated carbocycles. The normalized spacial score (nSPS) is 18.7. The predicted octanol–water partition coefficient (Wildman–Crippen LogP) is 1.72. The molecule has 0 radical (unpaired) electrons. The zero-order valence-corrected chi connectivity index (χ0v) is 15.9. The lowest BCUT2D eigenvalue weighted by Gasteiger charge is -2.37. The minimum absolute atomic E-state index is 0.480. The van der Waals surface area contributed by atoms with Crippen LogP contribution in [0, 0.1) is 0 Å². The molecule has 0 amide bonds. The second-order valence-electron chi connectivity index (χ2n) is 7.45. The van der Waals surface area contributed by atoms with E-state index >= 15 is 0 Å². The highest BCUT2D eigenvalue weighted by atomic mass is 16.6. The molecule has 0 atom stereocenters. The number of hydrogen-bond acceptors (Lipinski definition) is 9. The molecule has 3 aromatic heterocycles. The third kappa shape index (κ3) is 3.49. The van der Waals surface area contributed by atoms with Crippen LogP contribution in [-0.4, -0.2) is 69.4 Å². The third-order valence-corrected chi connectivity index (χ3v) is 5.53. The Morgan fingerprint density at radius 2 is 1.50 bits per heavy atom. The molecule has 2 saturated heterocycles. The van der Waals surface area contributed by atoms with E-state index in [-0.39, 0.29) is 0 Å². The van der Waals surface area contributed by atoms with E-state index in [2.05, 4.69) is 36.1 Å². The Labute approximate surface area is 163 Å². The van der Waals surface area contributed by atoms with Gasteiger partial charge in [-0.15, -0.1) is 0 Å². The van der Waals surface area contributed by atoms with Crippen LogP contribution in [0.25, 0.3) is 11.3 Å². The summed E-state index contributed by atoms with van der Waals surface area (Å²) in [6.07, 6.45) is 7.42. The molecular formula is C19H24N8O. The quantitative estimate of drug-likeness (QED) is 0.671. The van der Waals surface area contributed by atoms with Gasteiger partial charge >= 0.3 is 0 Å². The van der Waals surface area contributed by atoms with Gasteiger partial charge < -0.3 is 9.80 Å². The number of fused-ring (bicyclic) bond motifs is 1. The lowest BCUT2D eigenvalue weighted by Crippen LogP contribution is -2.47. The van der Waals surface area contributed by atoms with E-state index < -0.39 is 0 Å². The Bertz CT molecular complexity index is 916. The van der Waals surface area contributed by atoms with E-state index in [1.54, 1.807) is 0 Å². The number of hydrogen-bond donors (Lipinski definition) is 0. The van der Waals surface area contributed by atoms with Gasteiger partial charge in [0.1, 0.15) is 0 Å². The lowest BCUT2D eigenvalue weighted by atomic mass is 10.1. The van der Waals surface area contributed by atoms with Crippen molar-refractivity contribution >= 4 is 22.9 Å². The molecule has 2 aliphatic rings. The fraction of sp³-hybridized carbons (Fsp3) is 0.526. The van der Waals surface area contributed by atoms with Crippen molar-refractivity contribution in [2.75, 3.05) is 49.1 Å². The van der Waals surface area contributed by atoms with E-state index in [9.17, 15) is 0 Å². The summed E-state index contributed by atoms with van der Waals surface area (Å²) in [6.45, 7) is 6.73. The highest BCUT2D eigenvalue weighted by Crippen LogP contribution is 2.30. The van der Waals surface area contributed by atoms with Gasteiger partial charge in [-0.2, -0.15) is 0 Å². The molecule has 5 heterocycles. The molecule has 0 unspecified atom stereocenters. The van der Waals surface area contributed by atoms with Crippen LogP contribution < -0.4 is 9.80 Å². The van der Waals surface area contributed by atoms with Gasteiger partial charge in [-0.3, -0.25) is 9.88 Å². The van der Waals surface area contributed by atoms with Crippen molar-refractivity contribution in [3.8, 4) is 0 Å². The molecule has 0 N–H and O–H groups in total. The summed E-state index contributed by atoms with van der Waals surface area (Å²) in [6, 6.07) is 4.12. The molecular weight excluding hydrogens is 356 g/mol. The average Bonchev–Trinajstić information content (AvgIpc) is 3.22. The van der Waals surface area contributed by atoms with E-state index in [0.717, 1.165) is 57.4 Å². The number of pyridine rings is 1. The maximum Gasteiger partial charge on any atom is 0.245 e. The van der Waals surface area contributed by atoms with E-state index in [1.165, 1.54) is 24.8 Å². The zero-order valence-electron chi connectivity index (χ0n) is 15.9. The second-order valence-corrected chi connectivity index (χ2v) is 7.45. The van der Waals surface area contributed by atoms with Gasteiger partial charge in [-0.05, 0) is 41.2 Å². The smallest absolute Gasteiger partial charge is 0.245 e. The molecule has 3 aromatic rings. The van der Waals surface area contributed by atoms with Crippen molar-refractivity contribution in [1.29, 1.82) is 0 Å². The van der Waals surface area contributed by atoms with Crippen molar-refractivity contribution < 1.29 is 4.63 Å². The van der Waals surface area contributed by atoms with Crippen LogP contribution in [0.5, 0.6) is 0 Å². The molecule has 9 nitrogen and oxygen atoms in total. The summed E-state index contributed by atoms with van der Waals surface area (Å²) in [5, 5.41) is 7.81. The van der Waals surface area contributed by atoms with Crippen LogP contribution in [0.2, 0.25) is 0 Å². The van der Waals surface area contributed by atoms with Crippen molar-refractivity contribution in [2.24, 2.45) is 0 Å². The topological polar surface area (TPSA) is 87.3 Å². The van der Waals surface area contributed by atoms with Crippen LogP contribution in [0.15, 0.2) is 29.2 Å². The molecule has 9 heteroatoms. The molecule has 146 valence electrons. The first kappa shape index (κ1) is 17.3. The molecule has 2 fully saturated rings. The van der Waals surface area contributed by atoms with Gasteiger partial charge in [0.15, 0.2) is 11.6 Å². The first-order valence-corrected chi connectivity index (χ1v) is 9.98. The number of anilines is 2. The van der Waals surface area contributed by atoms with E-state index in [0.29, 0.717) is 11.3 Å². The Morgan fingerprint density at radius 3 is 2.14 bits per heavy atom. The number of aromatic nitrogens is 5. The average molecular weight is 380 g/mol. The molecule has 5 rings (SSSR count). The number of nitrogens with zero attached hydrogens (tertiary/aromatic N) is 8. The van der Waals surface area contributed by atoms with Gasteiger partial charge in [-0.25, -0.2) is 14.6 Å². The fourth-order valence-corrected chi connectivity index (χ4v) is 4.02. The van der Waals surface area contributed by atoms with Gasteiger partial charge in [0.05, 0.1) is 0 Å². The first-order chi connectivity index (χ1) is 13.9. The largest absolute Gasteiger partial charge is 0.353 e. The molecule has 0 aromatic carbocycles. The van der Waals surface area contributed by atoms with Crippen LogP contribution in [0.1, 0.15) is 24.8 Å². The summed E-state index contributed by atoms with van der Waals surface area (Å²) in [5.74, 6) is 1.83. The van der Waals surface area contributed by atoms with E-state index in [4.69, 9.17) is 14.6 Å². The predicted molar refractivity (Wildman–Crippen MR) is 105 cm³/mol. The zero-order chi connectivity index (χ0) is 18.8. The van der Waals surface area contributed by atoms with Crippen LogP contribution in [0.3, 0.4) is 0 Å². The third-order valence-electron chi connectivity index (χ3n) is 5.53. The van der Waals surface area contributed by atoms with Crippen LogP contribution in [-0.2, 0) is 6.54 Å². The highest BCUT2D eigenvalue weighted by molar-refractivity contribution is 5.74. The Kier molecular flexibility index (Phi) is 4.74. The standard InChI is InChI=1S/C19H24N8O/c1-2-7-26(8-3-1)18-19(22-17-16(21-18)23-28-24-17)27-11-9-25(10-12-27)14-15-5-4-6-20-13-15/h4-6,13H,1-3,7-12,14H2. The summed E-state index contributed by atoms with van der Waals surface area (Å²) >= 11 is 0. The van der Waals surface area contributed by atoms with Gasteiger partial charge in [0.2, 0.25) is 11.3 Å². The monoisotopic (exact) mass is 380 g/mol. The summed E-state index contributed by atoms with van der Waals surface area (Å²) in [5.41, 5.74) is 2.22. The lowest BCUT2D eigenvalue weighted by molar-refractivity contribution is 0.249. The van der Waals surface area contributed by atoms with Gasteiger partial charge in [-0.1, -0.05) is 6.07 Å². The molecule has 0 aliphatic carbocycles. The first-order valence-electron chi connectivity index (χ1n) is 9.98. The molecule has 28 heavy (non-hydrogen) atoms. The molecule has 0 spiro atoms. The minimum atomic E-state index is 0.480. The fourth-order valence-electron chi connectivity index (χ4n) is 4.02. The van der Waals surface area contributed by atoms with Crippen molar-refractivity contribution in [2.45, 2.75) is 25.8 Å². The maximum absolute atomic E-state index is 4.86. The summed E-state index contributed by atoms with van der Waals surface area (Å²) in [7, 11) is 0. The minimum Gasteiger partial charge on any atom is -0.353 e. The second kappa shape index (κ2) is 7.67. The van der Waals surface area contributed by atoms with Crippen LogP contribution in [0.4, 0.5) is 11.6 Å². The summed E-state index contributed by atoms with van der Waals surface area (Å²) in [4.78, 5) is 20.9. The highest BCUT2D eigenvalue weighted by Gasteiger charge is 2.26. The SMILES string of the molecule is c1cncc(CN2CCN(c3nc4nonc4nc3N3CCCCC3)CC2)c1. The summed E-state index contributed by atoms with van der Waals surface area (Å²) < 4.78 is 4.86.